The van der Waals surface area contributed by atoms with Crippen molar-refractivity contribution in [3.63, 3.8) is 0 Å². The lowest BCUT2D eigenvalue weighted by molar-refractivity contribution is -0.119. The van der Waals surface area contributed by atoms with Crippen molar-refractivity contribution in [3.8, 4) is 5.75 Å². The van der Waals surface area contributed by atoms with Crippen molar-refractivity contribution < 1.29 is 14.6 Å². The summed E-state index contributed by atoms with van der Waals surface area (Å²) < 4.78 is 9.54. The fourth-order valence-corrected chi connectivity index (χ4v) is 6.80. The van der Waals surface area contributed by atoms with Gasteiger partial charge in [-0.3, -0.25) is 9.52 Å². The normalized spacial score (nSPS) is 26.0. The summed E-state index contributed by atoms with van der Waals surface area (Å²) in [6, 6.07) is 12.7. The number of halogens is 1. The molecule has 39 heavy (non-hydrogen) atoms. The van der Waals surface area contributed by atoms with Crippen LogP contribution in [-0.2, 0) is 11.2 Å². The van der Waals surface area contributed by atoms with Crippen LogP contribution in [-0.4, -0.2) is 37.8 Å². The molecule has 5 rings (SSSR count). The lowest BCUT2D eigenvalue weighted by Gasteiger charge is -2.41. The van der Waals surface area contributed by atoms with E-state index in [2.05, 4.69) is 66.0 Å². The first-order valence-corrected chi connectivity index (χ1v) is 15.5. The quantitative estimate of drug-likeness (QED) is 0.297. The van der Waals surface area contributed by atoms with E-state index in [1.165, 1.54) is 35.9 Å². The zero-order valence-corrected chi connectivity index (χ0v) is 25.1. The van der Waals surface area contributed by atoms with Crippen LogP contribution in [0.2, 0.25) is 5.02 Å². The Morgan fingerprint density at radius 2 is 1.87 bits per heavy atom. The number of carbonyl (C=O) groups is 1. The third kappa shape index (κ3) is 7.74. The molecule has 2 aromatic carbocycles. The number of aliphatic hydroxyl groups excluding tert-OH is 1. The van der Waals surface area contributed by atoms with E-state index in [1.54, 1.807) is 0 Å². The highest BCUT2D eigenvalue weighted by molar-refractivity contribution is 7.98. The van der Waals surface area contributed by atoms with Gasteiger partial charge in [0.2, 0.25) is 5.91 Å². The monoisotopic (exact) mass is 570 g/mol. The number of aryl methyl sites for hydroxylation is 1. The Labute approximate surface area is 243 Å². The first kappa shape index (κ1) is 29.8. The van der Waals surface area contributed by atoms with Gasteiger partial charge in [-0.25, -0.2) is 0 Å². The first-order chi connectivity index (χ1) is 19.0. The first-order valence-electron chi connectivity index (χ1n) is 14.4. The molecule has 0 spiro atoms. The maximum Gasteiger partial charge on any atom is 0.230 e. The zero-order valence-electron chi connectivity index (χ0n) is 23.5. The molecule has 7 heteroatoms. The van der Waals surface area contributed by atoms with Gasteiger partial charge in [0.05, 0.1) is 12.3 Å². The summed E-state index contributed by atoms with van der Waals surface area (Å²) >= 11 is 7.81. The molecule has 1 amide bonds. The van der Waals surface area contributed by atoms with E-state index in [0.717, 1.165) is 73.2 Å². The van der Waals surface area contributed by atoms with Crippen molar-refractivity contribution in [1.29, 1.82) is 0 Å². The molecule has 2 bridgehead atoms. The van der Waals surface area contributed by atoms with Gasteiger partial charge in [0.1, 0.15) is 5.75 Å². The lowest BCUT2D eigenvalue weighted by atomic mass is 9.71. The minimum absolute atomic E-state index is 0.0892. The molecule has 1 fully saturated rings. The van der Waals surface area contributed by atoms with Crippen molar-refractivity contribution in [2.45, 2.75) is 69.6 Å². The van der Waals surface area contributed by atoms with Gasteiger partial charge in [-0.05, 0) is 103 Å². The van der Waals surface area contributed by atoms with Gasteiger partial charge in [0, 0.05) is 42.5 Å². The van der Waals surface area contributed by atoms with Crippen LogP contribution < -0.4 is 14.4 Å². The number of rotatable bonds is 3. The number of allylic oxidation sites excluding steroid dienone is 2. The molecule has 212 valence electrons. The topological polar surface area (TPSA) is 61.8 Å². The van der Waals surface area contributed by atoms with Crippen LogP contribution in [0.15, 0.2) is 53.4 Å². The Kier molecular flexibility index (Phi) is 11.1. The Morgan fingerprint density at radius 1 is 1.08 bits per heavy atom. The average molecular weight is 571 g/mol. The Hall–Kier alpha value is -2.15. The minimum Gasteiger partial charge on any atom is -0.491 e. The van der Waals surface area contributed by atoms with E-state index in [1.807, 2.05) is 6.07 Å². The SMILES string of the molecule is CCCc1cc(Cl)ccc1C1COc2ccc3cc2N(C1)CC1CCC1C/C=C/CC(C)CC(=O)NS3.CO. The molecule has 4 atom stereocenters. The average Bonchev–Trinajstić information content (AvgIpc) is 3.10. The zero-order chi connectivity index (χ0) is 27.8. The molecule has 3 aliphatic rings. The van der Waals surface area contributed by atoms with Crippen molar-refractivity contribution in [3.05, 3.63) is 64.7 Å². The number of amides is 1. The highest BCUT2D eigenvalue weighted by Gasteiger charge is 2.34. The van der Waals surface area contributed by atoms with Gasteiger partial charge < -0.3 is 14.7 Å². The van der Waals surface area contributed by atoms with E-state index in [9.17, 15) is 4.79 Å². The second kappa shape index (κ2) is 14.5. The third-order valence-electron chi connectivity index (χ3n) is 8.21. The number of benzene rings is 2. The van der Waals surface area contributed by atoms with Gasteiger partial charge >= 0.3 is 0 Å². The van der Waals surface area contributed by atoms with Crippen molar-refractivity contribution in [2.24, 2.45) is 17.8 Å². The van der Waals surface area contributed by atoms with Crippen LogP contribution >= 0.6 is 23.5 Å². The Balaban J connectivity index is 0.00000172. The number of fused-ring (bicyclic) bond motifs is 2. The number of hydrogen-bond donors (Lipinski definition) is 2. The molecule has 1 saturated carbocycles. The van der Waals surface area contributed by atoms with Gasteiger partial charge in [-0.1, -0.05) is 50.1 Å². The Morgan fingerprint density at radius 3 is 2.64 bits per heavy atom. The van der Waals surface area contributed by atoms with E-state index in [0.29, 0.717) is 24.9 Å². The largest absolute Gasteiger partial charge is 0.491 e. The fraction of sp³-hybridized carbons (Fsp3) is 0.531. The van der Waals surface area contributed by atoms with E-state index in [4.69, 9.17) is 21.4 Å². The van der Waals surface area contributed by atoms with Crippen molar-refractivity contribution in [1.82, 2.24) is 4.72 Å². The molecule has 2 N–H and O–H groups in total. The van der Waals surface area contributed by atoms with E-state index >= 15 is 0 Å². The molecule has 2 aliphatic heterocycles. The molecule has 0 radical (unpaired) electrons. The van der Waals surface area contributed by atoms with Gasteiger partial charge in [-0.2, -0.15) is 0 Å². The van der Waals surface area contributed by atoms with Crippen LogP contribution in [0.3, 0.4) is 0 Å². The molecule has 5 nitrogen and oxygen atoms in total. The van der Waals surface area contributed by atoms with E-state index in [-0.39, 0.29) is 11.8 Å². The maximum absolute atomic E-state index is 12.5. The molecule has 4 unspecified atom stereocenters. The molecule has 2 aromatic rings. The summed E-state index contributed by atoms with van der Waals surface area (Å²) in [5.41, 5.74) is 3.84. The van der Waals surface area contributed by atoms with Crippen molar-refractivity contribution in [2.75, 3.05) is 31.7 Å². The summed E-state index contributed by atoms with van der Waals surface area (Å²) in [7, 11) is 1.00. The predicted molar refractivity (Wildman–Crippen MR) is 163 cm³/mol. The maximum atomic E-state index is 12.5. The number of aliphatic hydroxyl groups is 1. The Bertz CT molecular complexity index is 1140. The third-order valence-corrected chi connectivity index (χ3v) is 9.26. The fourth-order valence-electron chi connectivity index (χ4n) is 5.99. The van der Waals surface area contributed by atoms with Crippen molar-refractivity contribution >= 4 is 35.1 Å². The summed E-state index contributed by atoms with van der Waals surface area (Å²) in [4.78, 5) is 16.2. The van der Waals surface area contributed by atoms with Crippen LogP contribution in [0.1, 0.15) is 69.4 Å². The molecular weight excluding hydrogens is 528 g/mol. The summed E-state index contributed by atoms with van der Waals surface area (Å²) in [6.45, 7) is 6.99. The number of ether oxygens (including phenoxy) is 1. The van der Waals surface area contributed by atoms with Gasteiger partial charge in [0.15, 0.2) is 0 Å². The summed E-state index contributed by atoms with van der Waals surface area (Å²) in [5.74, 6) is 3.07. The molecule has 0 aromatic heterocycles. The van der Waals surface area contributed by atoms with Crippen LogP contribution in [0.25, 0.3) is 0 Å². The highest BCUT2D eigenvalue weighted by atomic mass is 35.5. The number of carbonyl (C=O) groups excluding carboxylic acids is 1. The number of nitrogens with zero attached hydrogens (tertiary/aromatic N) is 1. The molecule has 2 heterocycles. The minimum atomic E-state index is 0.0892. The number of hydrogen-bond acceptors (Lipinski definition) is 5. The predicted octanol–water partition coefficient (Wildman–Crippen LogP) is 7.41. The van der Waals surface area contributed by atoms with Crippen LogP contribution in [0, 0.1) is 17.8 Å². The second-order valence-electron chi connectivity index (χ2n) is 11.1. The molecular formula is C32H43ClN2O3S. The van der Waals surface area contributed by atoms with Gasteiger partial charge in [0.25, 0.3) is 0 Å². The van der Waals surface area contributed by atoms with Crippen LogP contribution in [0.4, 0.5) is 5.69 Å². The summed E-state index contributed by atoms with van der Waals surface area (Å²) in [5, 5.41) is 7.80. The highest BCUT2D eigenvalue weighted by Crippen LogP contribution is 2.43. The molecule has 0 saturated heterocycles. The molecule has 1 aliphatic carbocycles. The standard InChI is InChI=1S/C31H39ClN2O2S.CH4O/c1-3-6-23-16-26(32)11-13-28(23)25-19-34-18-24-10-9-22(24)8-5-4-7-21(2)15-31(35)33-37-27-12-14-30(36-20-25)29(34)17-27;1-2/h4-5,11-14,16-17,21-22,24-25H,3,6-10,15,18-20H2,1-2H3,(H,33,35);2H,1H3/b5-4+;. The second-order valence-corrected chi connectivity index (χ2v) is 12.4. The lowest BCUT2D eigenvalue weighted by Crippen LogP contribution is -2.40. The number of anilines is 1. The van der Waals surface area contributed by atoms with E-state index < -0.39 is 0 Å². The van der Waals surface area contributed by atoms with Gasteiger partial charge in [-0.15, -0.1) is 0 Å². The number of nitrogens with one attached hydrogen (secondary N) is 1. The summed E-state index contributed by atoms with van der Waals surface area (Å²) in [6.07, 6.45) is 12.0. The smallest absolute Gasteiger partial charge is 0.230 e. The van der Waals surface area contributed by atoms with Crippen LogP contribution in [0.5, 0.6) is 5.75 Å².